The summed E-state index contributed by atoms with van der Waals surface area (Å²) < 4.78 is 0. The minimum atomic E-state index is -0.474. The summed E-state index contributed by atoms with van der Waals surface area (Å²) in [5.41, 5.74) is -0.474. The Morgan fingerprint density at radius 3 is 2.67 bits per heavy atom. The van der Waals surface area contributed by atoms with Crippen LogP contribution in [0.2, 0.25) is 0 Å². The van der Waals surface area contributed by atoms with Gasteiger partial charge in [0, 0.05) is 6.54 Å². The van der Waals surface area contributed by atoms with Crippen molar-refractivity contribution < 1.29 is 5.11 Å². The quantitative estimate of drug-likeness (QED) is 0.495. The second-order valence-electron chi connectivity index (χ2n) is 3.22. The summed E-state index contributed by atoms with van der Waals surface area (Å²) in [7, 11) is 0. The van der Waals surface area contributed by atoms with E-state index in [4.69, 9.17) is 0 Å². The molecule has 0 aromatic rings. The fourth-order valence-electron chi connectivity index (χ4n) is 1.15. The Labute approximate surface area is 56.3 Å². The number of hydrogen-bond acceptors (Lipinski definition) is 2. The number of piperidine rings is 1. The zero-order chi connectivity index (χ0) is 6.91. The highest BCUT2D eigenvalue weighted by Gasteiger charge is 2.30. The van der Waals surface area contributed by atoms with Crippen molar-refractivity contribution in [1.29, 1.82) is 0 Å². The minimum absolute atomic E-state index is 0.443. The molecule has 0 bridgehead atoms. The smallest absolute Gasteiger partial charge is 0.0769 e. The third kappa shape index (κ3) is 1.43. The molecule has 1 saturated heterocycles. The summed E-state index contributed by atoms with van der Waals surface area (Å²) in [6.45, 7) is 5.79. The molecule has 0 aromatic heterocycles. The average molecular weight is 129 g/mol. The molecule has 0 aromatic carbocycles. The lowest BCUT2D eigenvalue weighted by molar-refractivity contribution is -0.0115. The maximum atomic E-state index is 9.58. The van der Waals surface area contributed by atoms with Gasteiger partial charge in [0.25, 0.3) is 0 Å². The predicted molar refractivity (Wildman–Crippen MR) is 37.3 cm³/mol. The Morgan fingerprint density at radius 1 is 1.67 bits per heavy atom. The van der Waals surface area contributed by atoms with Gasteiger partial charge in [-0.3, -0.25) is 0 Å². The van der Waals surface area contributed by atoms with E-state index < -0.39 is 5.60 Å². The molecule has 1 unspecified atom stereocenters. The summed E-state index contributed by atoms with van der Waals surface area (Å²) >= 11 is 0. The molecule has 1 fully saturated rings. The van der Waals surface area contributed by atoms with Crippen LogP contribution in [0, 0.1) is 5.92 Å². The van der Waals surface area contributed by atoms with Gasteiger partial charge in [0.15, 0.2) is 0 Å². The van der Waals surface area contributed by atoms with Crippen molar-refractivity contribution in [3.8, 4) is 0 Å². The van der Waals surface area contributed by atoms with Gasteiger partial charge in [-0.05, 0) is 25.8 Å². The van der Waals surface area contributed by atoms with E-state index in [1.807, 2.05) is 6.92 Å². The third-order valence-electron chi connectivity index (χ3n) is 2.30. The van der Waals surface area contributed by atoms with E-state index in [2.05, 4.69) is 12.2 Å². The molecule has 0 spiro atoms. The monoisotopic (exact) mass is 129 g/mol. The van der Waals surface area contributed by atoms with Crippen LogP contribution in [-0.2, 0) is 0 Å². The van der Waals surface area contributed by atoms with Gasteiger partial charge >= 0.3 is 0 Å². The van der Waals surface area contributed by atoms with Crippen LogP contribution in [0.15, 0.2) is 0 Å². The lowest BCUT2D eigenvalue weighted by Gasteiger charge is -2.35. The molecule has 2 N–H and O–H groups in total. The number of hydrogen-bond donors (Lipinski definition) is 2. The second-order valence-corrected chi connectivity index (χ2v) is 3.22. The van der Waals surface area contributed by atoms with Gasteiger partial charge in [0.2, 0.25) is 0 Å². The van der Waals surface area contributed by atoms with E-state index >= 15 is 0 Å². The zero-order valence-electron chi connectivity index (χ0n) is 6.15. The van der Waals surface area contributed by atoms with Gasteiger partial charge in [-0.2, -0.15) is 0 Å². The first-order chi connectivity index (χ1) is 4.13. The first kappa shape index (κ1) is 7.03. The number of aliphatic hydroxyl groups is 1. The fraction of sp³-hybridized carbons (Fsp3) is 1.00. The van der Waals surface area contributed by atoms with Gasteiger partial charge < -0.3 is 10.4 Å². The standard InChI is InChI=1S/C7H15NO/c1-6-3-4-8-5-7(6,2)9/h6,8-9H,3-5H2,1-2H3/t6?,7-/m0/s1. The maximum absolute atomic E-state index is 9.58. The molecule has 1 aliphatic rings. The molecular weight excluding hydrogens is 114 g/mol. The van der Waals surface area contributed by atoms with Gasteiger partial charge in [-0.15, -0.1) is 0 Å². The van der Waals surface area contributed by atoms with Crippen LogP contribution in [0.4, 0.5) is 0 Å². The fourth-order valence-corrected chi connectivity index (χ4v) is 1.15. The third-order valence-corrected chi connectivity index (χ3v) is 2.30. The Balaban J connectivity index is 2.49. The van der Waals surface area contributed by atoms with Crippen LogP contribution in [0.5, 0.6) is 0 Å². The summed E-state index contributed by atoms with van der Waals surface area (Å²) in [6.07, 6.45) is 1.09. The molecule has 1 rings (SSSR count). The summed E-state index contributed by atoms with van der Waals surface area (Å²) in [5.74, 6) is 0.443. The SMILES string of the molecule is CC1CCNC[C@]1(C)O. The Kier molecular flexibility index (Phi) is 1.78. The van der Waals surface area contributed by atoms with Crippen LogP contribution in [0.1, 0.15) is 20.3 Å². The number of β-amino-alcohol motifs (C(OH)–C–C–N with tert-alkyl or cyclic N) is 1. The van der Waals surface area contributed by atoms with E-state index in [1.165, 1.54) is 0 Å². The van der Waals surface area contributed by atoms with Crippen molar-refractivity contribution in [2.75, 3.05) is 13.1 Å². The largest absolute Gasteiger partial charge is 0.389 e. The van der Waals surface area contributed by atoms with Crippen LogP contribution >= 0.6 is 0 Å². The molecule has 1 aliphatic heterocycles. The van der Waals surface area contributed by atoms with Crippen LogP contribution in [-0.4, -0.2) is 23.8 Å². The molecule has 2 heteroatoms. The van der Waals surface area contributed by atoms with E-state index in [9.17, 15) is 5.11 Å². The van der Waals surface area contributed by atoms with Crippen molar-refractivity contribution in [2.24, 2.45) is 5.92 Å². The number of rotatable bonds is 0. The van der Waals surface area contributed by atoms with E-state index in [0.717, 1.165) is 19.5 Å². The Hall–Kier alpha value is -0.0800. The highest BCUT2D eigenvalue weighted by Crippen LogP contribution is 2.21. The van der Waals surface area contributed by atoms with Gasteiger partial charge in [0.05, 0.1) is 5.60 Å². The van der Waals surface area contributed by atoms with Gasteiger partial charge in [-0.1, -0.05) is 6.92 Å². The van der Waals surface area contributed by atoms with Crippen molar-refractivity contribution >= 4 is 0 Å². The second kappa shape index (κ2) is 2.27. The van der Waals surface area contributed by atoms with E-state index in [1.54, 1.807) is 0 Å². The topological polar surface area (TPSA) is 32.3 Å². The molecular formula is C7H15NO. The molecule has 1 heterocycles. The van der Waals surface area contributed by atoms with E-state index in [0.29, 0.717) is 5.92 Å². The first-order valence-corrected chi connectivity index (χ1v) is 3.56. The minimum Gasteiger partial charge on any atom is -0.389 e. The highest BCUT2D eigenvalue weighted by atomic mass is 16.3. The maximum Gasteiger partial charge on any atom is 0.0769 e. The molecule has 9 heavy (non-hydrogen) atoms. The lowest BCUT2D eigenvalue weighted by atomic mass is 9.85. The average Bonchev–Trinajstić information content (AvgIpc) is 1.77. The highest BCUT2D eigenvalue weighted by molar-refractivity contribution is 4.85. The summed E-state index contributed by atoms with van der Waals surface area (Å²) in [5, 5.41) is 12.7. The van der Waals surface area contributed by atoms with E-state index in [-0.39, 0.29) is 0 Å². The molecule has 0 saturated carbocycles. The van der Waals surface area contributed by atoms with Crippen molar-refractivity contribution in [1.82, 2.24) is 5.32 Å². The summed E-state index contributed by atoms with van der Waals surface area (Å²) in [6, 6.07) is 0. The molecule has 0 amide bonds. The number of nitrogens with one attached hydrogen (secondary N) is 1. The zero-order valence-corrected chi connectivity index (χ0v) is 6.15. The molecule has 0 aliphatic carbocycles. The Morgan fingerprint density at radius 2 is 2.33 bits per heavy atom. The van der Waals surface area contributed by atoms with Crippen LogP contribution < -0.4 is 5.32 Å². The molecule has 0 radical (unpaired) electrons. The molecule has 2 atom stereocenters. The van der Waals surface area contributed by atoms with Crippen molar-refractivity contribution in [3.63, 3.8) is 0 Å². The van der Waals surface area contributed by atoms with Gasteiger partial charge in [-0.25, -0.2) is 0 Å². The lowest BCUT2D eigenvalue weighted by Crippen LogP contribution is -2.48. The molecule has 2 nitrogen and oxygen atoms in total. The predicted octanol–water partition coefficient (Wildman–Crippen LogP) is 0.367. The van der Waals surface area contributed by atoms with Gasteiger partial charge in [0.1, 0.15) is 0 Å². The Bertz CT molecular complexity index is 101. The molecule has 54 valence electrons. The van der Waals surface area contributed by atoms with Crippen molar-refractivity contribution in [3.05, 3.63) is 0 Å². The van der Waals surface area contributed by atoms with Crippen molar-refractivity contribution in [2.45, 2.75) is 25.9 Å². The first-order valence-electron chi connectivity index (χ1n) is 3.56. The summed E-state index contributed by atoms with van der Waals surface area (Å²) in [4.78, 5) is 0. The normalized spacial score (nSPS) is 45.0. The van der Waals surface area contributed by atoms with Crippen LogP contribution in [0.3, 0.4) is 0 Å². The van der Waals surface area contributed by atoms with Crippen LogP contribution in [0.25, 0.3) is 0 Å².